The zero-order valence-corrected chi connectivity index (χ0v) is 16.9. The Morgan fingerprint density at radius 1 is 1.10 bits per heavy atom. The van der Waals surface area contributed by atoms with Crippen LogP contribution in [0.15, 0.2) is 23.4 Å². The average Bonchev–Trinajstić information content (AvgIpc) is 3.10. The SMILES string of the molecule is CC(=O)c1cc2c(cc1NC(=O)COC(=O)CSc1nc(C)cc(C)n1)OCO2. The van der Waals surface area contributed by atoms with E-state index in [-0.39, 0.29) is 29.6 Å². The molecule has 0 atom stereocenters. The molecule has 29 heavy (non-hydrogen) atoms. The van der Waals surface area contributed by atoms with Gasteiger partial charge in [-0.3, -0.25) is 14.4 Å². The highest BCUT2D eigenvalue weighted by Crippen LogP contribution is 2.37. The summed E-state index contributed by atoms with van der Waals surface area (Å²) in [5, 5.41) is 3.03. The number of anilines is 1. The Labute approximate surface area is 171 Å². The van der Waals surface area contributed by atoms with Gasteiger partial charge in [-0.05, 0) is 32.9 Å². The molecule has 1 amide bonds. The van der Waals surface area contributed by atoms with Crippen LogP contribution in [-0.2, 0) is 14.3 Å². The number of ketones is 1. The first-order valence-electron chi connectivity index (χ1n) is 8.67. The quantitative estimate of drug-likeness (QED) is 0.313. The molecule has 152 valence electrons. The average molecular weight is 417 g/mol. The second-order valence-corrected chi connectivity index (χ2v) is 7.18. The third-order valence-corrected chi connectivity index (χ3v) is 4.63. The molecule has 0 bridgehead atoms. The summed E-state index contributed by atoms with van der Waals surface area (Å²) in [6.07, 6.45) is 0. The van der Waals surface area contributed by atoms with Gasteiger partial charge in [-0.15, -0.1) is 0 Å². The summed E-state index contributed by atoms with van der Waals surface area (Å²) in [4.78, 5) is 44.3. The van der Waals surface area contributed by atoms with Gasteiger partial charge in [0, 0.05) is 23.0 Å². The fourth-order valence-corrected chi connectivity index (χ4v) is 3.34. The van der Waals surface area contributed by atoms with Crippen LogP contribution in [0.1, 0.15) is 28.7 Å². The minimum absolute atomic E-state index is 0.0289. The van der Waals surface area contributed by atoms with Gasteiger partial charge < -0.3 is 19.5 Å². The predicted molar refractivity (Wildman–Crippen MR) is 104 cm³/mol. The van der Waals surface area contributed by atoms with E-state index in [0.717, 1.165) is 23.1 Å². The molecule has 1 aliphatic heterocycles. The molecule has 0 aliphatic carbocycles. The van der Waals surface area contributed by atoms with Gasteiger partial charge in [0.15, 0.2) is 29.0 Å². The molecule has 0 saturated heterocycles. The number of aromatic nitrogens is 2. The molecule has 2 aromatic rings. The van der Waals surface area contributed by atoms with Crippen LogP contribution < -0.4 is 14.8 Å². The van der Waals surface area contributed by atoms with Crippen LogP contribution in [0.2, 0.25) is 0 Å². The van der Waals surface area contributed by atoms with Crippen molar-refractivity contribution in [3.8, 4) is 11.5 Å². The number of Topliss-reactive ketones (excluding diaryl/α,β-unsaturated/α-hetero) is 1. The number of thioether (sulfide) groups is 1. The molecule has 1 N–H and O–H groups in total. The van der Waals surface area contributed by atoms with Crippen molar-refractivity contribution in [3.05, 3.63) is 35.2 Å². The lowest BCUT2D eigenvalue weighted by molar-refractivity contribution is -0.144. The van der Waals surface area contributed by atoms with Crippen molar-refractivity contribution < 1.29 is 28.6 Å². The molecule has 0 radical (unpaired) electrons. The zero-order chi connectivity index (χ0) is 21.0. The van der Waals surface area contributed by atoms with Crippen LogP contribution in [0.25, 0.3) is 0 Å². The van der Waals surface area contributed by atoms with E-state index in [9.17, 15) is 14.4 Å². The van der Waals surface area contributed by atoms with Gasteiger partial charge in [-0.1, -0.05) is 11.8 Å². The lowest BCUT2D eigenvalue weighted by Gasteiger charge is -2.11. The van der Waals surface area contributed by atoms with Crippen molar-refractivity contribution in [1.82, 2.24) is 9.97 Å². The Kier molecular flexibility index (Phi) is 6.32. The number of hydrogen-bond acceptors (Lipinski definition) is 9. The highest BCUT2D eigenvalue weighted by Gasteiger charge is 2.20. The number of benzene rings is 1. The number of hydrogen-bond donors (Lipinski definition) is 1. The van der Waals surface area contributed by atoms with E-state index >= 15 is 0 Å². The van der Waals surface area contributed by atoms with Gasteiger partial charge in [0.25, 0.3) is 5.91 Å². The molecular formula is C19H19N3O6S. The van der Waals surface area contributed by atoms with Crippen molar-refractivity contribution in [3.63, 3.8) is 0 Å². The largest absolute Gasteiger partial charge is 0.455 e. The van der Waals surface area contributed by atoms with Crippen molar-refractivity contribution in [1.29, 1.82) is 0 Å². The Bertz CT molecular complexity index is 958. The van der Waals surface area contributed by atoms with Gasteiger partial charge >= 0.3 is 5.97 Å². The minimum atomic E-state index is -0.578. The number of rotatable bonds is 7. The molecule has 1 aliphatic rings. The molecule has 1 aromatic carbocycles. The van der Waals surface area contributed by atoms with Crippen molar-refractivity contribution >= 4 is 35.1 Å². The topological polar surface area (TPSA) is 117 Å². The highest BCUT2D eigenvalue weighted by molar-refractivity contribution is 7.99. The molecule has 0 fully saturated rings. The number of nitrogens with zero attached hydrogens (tertiary/aromatic N) is 2. The number of amides is 1. The summed E-state index contributed by atoms with van der Waals surface area (Å²) in [6.45, 7) is 4.61. The molecule has 1 aromatic heterocycles. The fraction of sp³-hybridized carbons (Fsp3) is 0.316. The Morgan fingerprint density at radius 2 is 1.76 bits per heavy atom. The maximum absolute atomic E-state index is 12.2. The first kappa shape index (κ1) is 20.6. The number of carbonyl (C=O) groups excluding carboxylic acids is 3. The minimum Gasteiger partial charge on any atom is -0.455 e. The van der Waals surface area contributed by atoms with Crippen molar-refractivity contribution in [2.24, 2.45) is 0 Å². The lowest BCUT2D eigenvalue weighted by Crippen LogP contribution is -2.22. The smallest absolute Gasteiger partial charge is 0.316 e. The van der Waals surface area contributed by atoms with E-state index in [1.54, 1.807) is 0 Å². The first-order valence-corrected chi connectivity index (χ1v) is 9.65. The van der Waals surface area contributed by atoms with E-state index in [2.05, 4.69) is 15.3 Å². The normalized spacial score (nSPS) is 11.8. The summed E-state index contributed by atoms with van der Waals surface area (Å²) >= 11 is 1.13. The number of aryl methyl sites for hydroxylation is 2. The second-order valence-electron chi connectivity index (χ2n) is 6.24. The molecule has 0 unspecified atom stereocenters. The maximum Gasteiger partial charge on any atom is 0.316 e. The van der Waals surface area contributed by atoms with Gasteiger partial charge in [0.1, 0.15) is 0 Å². The van der Waals surface area contributed by atoms with Crippen LogP contribution in [0.3, 0.4) is 0 Å². The lowest BCUT2D eigenvalue weighted by atomic mass is 10.1. The standard InChI is InChI=1S/C19H19N3O6S/c1-10-4-11(2)21-19(20-10)29-8-18(25)26-7-17(24)22-14-6-16-15(27-9-28-16)5-13(14)12(3)23/h4-6H,7-9H2,1-3H3,(H,22,24). The summed E-state index contributed by atoms with van der Waals surface area (Å²) in [5.41, 5.74) is 2.15. The van der Waals surface area contributed by atoms with Crippen LogP contribution in [0, 0.1) is 13.8 Å². The van der Waals surface area contributed by atoms with Crippen LogP contribution in [-0.4, -0.2) is 46.8 Å². The Balaban J connectivity index is 1.53. The van der Waals surface area contributed by atoms with E-state index in [4.69, 9.17) is 14.2 Å². The molecule has 9 nitrogen and oxygen atoms in total. The van der Waals surface area contributed by atoms with Gasteiger partial charge in [-0.25, -0.2) is 9.97 Å². The molecule has 3 rings (SSSR count). The second kappa shape index (κ2) is 8.91. The van der Waals surface area contributed by atoms with E-state index in [1.165, 1.54) is 19.1 Å². The number of nitrogens with one attached hydrogen (secondary N) is 1. The number of carbonyl (C=O) groups is 3. The monoisotopic (exact) mass is 417 g/mol. The van der Waals surface area contributed by atoms with E-state index < -0.39 is 18.5 Å². The maximum atomic E-state index is 12.2. The first-order chi connectivity index (χ1) is 13.8. The van der Waals surface area contributed by atoms with E-state index in [1.807, 2.05) is 19.9 Å². The van der Waals surface area contributed by atoms with Gasteiger partial charge in [-0.2, -0.15) is 0 Å². The number of esters is 1. The van der Waals surface area contributed by atoms with Gasteiger partial charge in [0.2, 0.25) is 6.79 Å². The van der Waals surface area contributed by atoms with Crippen molar-refractivity contribution in [2.45, 2.75) is 25.9 Å². The van der Waals surface area contributed by atoms with Crippen LogP contribution in [0.4, 0.5) is 5.69 Å². The molecule has 0 spiro atoms. The summed E-state index contributed by atoms with van der Waals surface area (Å²) in [6, 6.07) is 4.84. The Morgan fingerprint density at radius 3 is 2.41 bits per heavy atom. The third-order valence-electron chi connectivity index (χ3n) is 3.81. The van der Waals surface area contributed by atoms with Crippen LogP contribution >= 0.6 is 11.8 Å². The summed E-state index contributed by atoms with van der Waals surface area (Å²) < 4.78 is 15.5. The molecule has 0 saturated carbocycles. The molecule has 2 heterocycles. The van der Waals surface area contributed by atoms with Crippen LogP contribution in [0.5, 0.6) is 11.5 Å². The molecule has 10 heteroatoms. The molecular weight excluding hydrogens is 398 g/mol. The highest BCUT2D eigenvalue weighted by atomic mass is 32.2. The fourth-order valence-electron chi connectivity index (χ4n) is 2.59. The third kappa shape index (κ3) is 5.44. The van der Waals surface area contributed by atoms with Gasteiger partial charge in [0.05, 0.1) is 11.4 Å². The zero-order valence-electron chi connectivity index (χ0n) is 16.1. The number of fused-ring (bicyclic) bond motifs is 1. The van der Waals surface area contributed by atoms with Crippen molar-refractivity contribution in [2.75, 3.05) is 24.5 Å². The number of ether oxygens (including phenoxy) is 3. The predicted octanol–water partition coefficient (Wildman–Crippen LogP) is 2.30. The van der Waals surface area contributed by atoms with E-state index in [0.29, 0.717) is 16.7 Å². The summed E-state index contributed by atoms with van der Waals surface area (Å²) in [5.74, 6) is -0.575. The summed E-state index contributed by atoms with van der Waals surface area (Å²) in [7, 11) is 0. The Hall–Kier alpha value is -3.14.